The van der Waals surface area contributed by atoms with Gasteiger partial charge in [0.25, 0.3) is 20.2 Å². The van der Waals surface area contributed by atoms with E-state index in [0.717, 1.165) is 48.5 Å². The van der Waals surface area contributed by atoms with E-state index in [1.54, 1.807) is 0 Å². The Hall–Kier alpha value is -1.88. The molecule has 2 atom stereocenters. The van der Waals surface area contributed by atoms with E-state index < -0.39 is 44.1 Å². The summed E-state index contributed by atoms with van der Waals surface area (Å²) in [6, 6.07) is 8.22. The normalized spacial score (nSPS) is 14.7. The summed E-state index contributed by atoms with van der Waals surface area (Å²) in [6.07, 6.45) is -1.86. The second-order valence-electron chi connectivity index (χ2n) is 5.87. The van der Waals surface area contributed by atoms with Crippen LogP contribution in [-0.4, -0.2) is 29.0 Å². The van der Waals surface area contributed by atoms with Crippen LogP contribution in [0.2, 0.25) is 0 Å². The van der Waals surface area contributed by atoms with Crippen LogP contribution in [-0.2, 0) is 28.6 Å². The van der Waals surface area contributed by atoms with Gasteiger partial charge in [-0.3, -0.25) is 8.37 Å². The average Bonchev–Trinajstić information content (AvgIpc) is 2.54. The summed E-state index contributed by atoms with van der Waals surface area (Å²) in [7, 11) is -8.27. The first-order valence-corrected chi connectivity index (χ1v) is 10.7. The molecular formula is C17H18F2O6S2. The van der Waals surface area contributed by atoms with Gasteiger partial charge in [0.15, 0.2) is 0 Å². The molecular weight excluding hydrogens is 402 g/mol. The van der Waals surface area contributed by atoms with E-state index in [2.05, 4.69) is 0 Å². The third kappa shape index (κ3) is 6.06. The van der Waals surface area contributed by atoms with Crippen LogP contribution in [0.15, 0.2) is 58.3 Å². The average molecular weight is 420 g/mol. The van der Waals surface area contributed by atoms with E-state index in [1.165, 1.54) is 13.8 Å². The lowest BCUT2D eigenvalue weighted by atomic mass is 10.2. The summed E-state index contributed by atoms with van der Waals surface area (Å²) >= 11 is 0. The number of rotatable bonds is 8. The Bertz CT molecular complexity index is 890. The van der Waals surface area contributed by atoms with Gasteiger partial charge >= 0.3 is 0 Å². The zero-order chi connectivity index (χ0) is 20.2. The van der Waals surface area contributed by atoms with E-state index in [1.807, 2.05) is 0 Å². The summed E-state index contributed by atoms with van der Waals surface area (Å²) in [5.41, 5.74) is 0. The Balaban J connectivity index is 1.99. The van der Waals surface area contributed by atoms with Gasteiger partial charge in [-0.2, -0.15) is 16.8 Å². The monoisotopic (exact) mass is 420 g/mol. The van der Waals surface area contributed by atoms with Crippen molar-refractivity contribution in [3.05, 3.63) is 60.2 Å². The first-order valence-electron chi connectivity index (χ1n) is 7.87. The molecule has 0 aliphatic rings. The van der Waals surface area contributed by atoms with Crippen molar-refractivity contribution in [3.63, 3.8) is 0 Å². The molecule has 0 aliphatic carbocycles. The second-order valence-corrected chi connectivity index (χ2v) is 9.01. The fourth-order valence-electron chi connectivity index (χ4n) is 2.29. The first kappa shape index (κ1) is 21.4. The standard InChI is InChI=1S/C17H18F2O6S2/c1-12(24-26(20,21)16-7-3-14(18)4-8-16)11-13(2)25-27(22,23)17-9-5-15(19)6-10-17/h3-10,12-13H,11H2,1-2H3. The highest BCUT2D eigenvalue weighted by molar-refractivity contribution is 7.87. The van der Waals surface area contributed by atoms with E-state index in [4.69, 9.17) is 8.37 Å². The fourth-order valence-corrected chi connectivity index (χ4v) is 4.48. The van der Waals surface area contributed by atoms with Gasteiger partial charge in [-0.25, -0.2) is 8.78 Å². The molecule has 0 spiro atoms. The Morgan fingerprint density at radius 2 is 1.00 bits per heavy atom. The van der Waals surface area contributed by atoms with Gasteiger partial charge in [-0.15, -0.1) is 0 Å². The van der Waals surface area contributed by atoms with Crippen molar-refractivity contribution in [1.82, 2.24) is 0 Å². The van der Waals surface area contributed by atoms with Gasteiger partial charge in [-0.1, -0.05) is 0 Å². The summed E-state index contributed by atoms with van der Waals surface area (Å²) in [5, 5.41) is 0. The predicted molar refractivity (Wildman–Crippen MR) is 92.9 cm³/mol. The molecule has 2 aromatic rings. The van der Waals surface area contributed by atoms with Crippen LogP contribution in [0.1, 0.15) is 20.3 Å². The first-order chi connectivity index (χ1) is 12.5. The highest BCUT2D eigenvalue weighted by Crippen LogP contribution is 2.20. The Morgan fingerprint density at radius 1 is 0.704 bits per heavy atom. The van der Waals surface area contributed by atoms with Gasteiger partial charge < -0.3 is 0 Å². The lowest BCUT2D eigenvalue weighted by molar-refractivity contribution is 0.140. The molecule has 0 bridgehead atoms. The number of hydrogen-bond acceptors (Lipinski definition) is 6. The predicted octanol–water partition coefficient (Wildman–Crippen LogP) is 3.24. The zero-order valence-corrected chi connectivity index (χ0v) is 16.1. The van der Waals surface area contributed by atoms with Gasteiger partial charge in [0, 0.05) is 6.42 Å². The molecule has 148 valence electrons. The van der Waals surface area contributed by atoms with Gasteiger partial charge in [0.1, 0.15) is 11.6 Å². The van der Waals surface area contributed by atoms with Gasteiger partial charge in [-0.05, 0) is 62.4 Å². The smallest absolute Gasteiger partial charge is 0.263 e. The Kier molecular flexibility index (Phi) is 6.68. The fraction of sp³-hybridized carbons (Fsp3) is 0.294. The molecule has 0 heterocycles. The SMILES string of the molecule is CC(CC(C)OS(=O)(=O)c1ccc(F)cc1)OS(=O)(=O)c1ccc(F)cc1. The van der Waals surface area contributed by atoms with Crippen LogP contribution in [0.4, 0.5) is 8.78 Å². The Morgan fingerprint density at radius 3 is 1.30 bits per heavy atom. The minimum absolute atomic E-state index is 0.0547. The van der Waals surface area contributed by atoms with Crippen molar-refractivity contribution in [2.24, 2.45) is 0 Å². The topological polar surface area (TPSA) is 86.7 Å². The van der Waals surface area contributed by atoms with Gasteiger partial charge in [0.2, 0.25) is 0 Å². The molecule has 2 unspecified atom stereocenters. The molecule has 0 N–H and O–H groups in total. The van der Waals surface area contributed by atoms with Crippen LogP contribution < -0.4 is 0 Å². The number of benzene rings is 2. The summed E-state index contributed by atoms with van der Waals surface area (Å²) in [5.74, 6) is -1.18. The lowest BCUT2D eigenvalue weighted by Gasteiger charge is -2.18. The van der Waals surface area contributed by atoms with Crippen LogP contribution in [0.25, 0.3) is 0 Å². The van der Waals surface area contributed by atoms with Crippen molar-refractivity contribution in [1.29, 1.82) is 0 Å². The maximum atomic E-state index is 12.9. The Labute approximate surface area is 157 Å². The number of hydrogen-bond donors (Lipinski definition) is 0. The highest BCUT2D eigenvalue weighted by Gasteiger charge is 2.24. The molecule has 27 heavy (non-hydrogen) atoms. The second kappa shape index (κ2) is 8.42. The van der Waals surface area contributed by atoms with E-state index >= 15 is 0 Å². The van der Waals surface area contributed by atoms with Crippen molar-refractivity contribution >= 4 is 20.2 Å². The third-order valence-electron chi connectivity index (χ3n) is 3.45. The molecule has 0 aromatic heterocycles. The highest BCUT2D eigenvalue weighted by atomic mass is 32.2. The van der Waals surface area contributed by atoms with Crippen LogP contribution >= 0.6 is 0 Å². The molecule has 2 aromatic carbocycles. The molecule has 2 rings (SSSR count). The maximum absolute atomic E-state index is 12.9. The largest absolute Gasteiger partial charge is 0.297 e. The quantitative estimate of drug-likeness (QED) is 0.610. The molecule has 0 fully saturated rings. The lowest BCUT2D eigenvalue weighted by Crippen LogP contribution is -2.24. The zero-order valence-electron chi connectivity index (χ0n) is 14.5. The molecule has 0 radical (unpaired) electrons. The van der Waals surface area contributed by atoms with E-state index in [0.29, 0.717) is 0 Å². The van der Waals surface area contributed by atoms with Crippen LogP contribution in [0.5, 0.6) is 0 Å². The summed E-state index contributed by atoms with van der Waals surface area (Å²) in [6.45, 7) is 2.87. The maximum Gasteiger partial charge on any atom is 0.297 e. The minimum Gasteiger partial charge on any atom is -0.263 e. The number of halogens is 2. The molecule has 10 heteroatoms. The third-order valence-corrected chi connectivity index (χ3v) is 6.31. The molecule has 0 saturated carbocycles. The molecule has 6 nitrogen and oxygen atoms in total. The summed E-state index contributed by atoms with van der Waals surface area (Å²) < 4.78 is 84.3. The van der Waals surface area contributed by atoms with E-state index in [-0.39, 0.29) is 16.2 Å². The van der Waals surface area contributed by atoms with Crippen molar-refractivity contribution in [2.45, 2.75) is 42.3 Å². The van der Waals surface area contributed by atoms with Crippen LogP contribution in [0.3, 0.4) is 0 Å². The molecule has 0 aliphatic heterocycles. The van der Waals surface area contributed by atoms with Gasteiger partial charge in [0.05, 0.1) is 22.0 Å². The van der Waals surface area contributed by atoms with E-state index in [9.17, 15) is 25.6 Å². The molecule has 0 amide bonds. The summed E-state index contributed by atoms with van der Waals surface area (Å²) in [4.78, 5) is -0.438. The van der Waals surface area contributed by atoms with Crippen molar-refractivity contribution in [2.75, 3.05) is 0 Å². The van der Waals surface area contributed by atoms with Crippen LogP contribution in [0, 0.1) is 11.6 Å². The minimum atomic E-state index is -4.14. The molecule has 0 saturated heterocycles. The van der Waals surface area contributed by atoms with Crippen molar-refractivity contribution in [3.8, 4) is 0 Å². The van der Waals surface area contributed by atoms with Crippen molar-refractivity contribution < 1.29 is 34.0 Å².